The average molecular weight is 357 g/mol. The van der Waals surface area contributed by atoms with Gasteiger partial charge >= 0.3 is 0 Å². The third-order valence-electron chi connectivity index (χ3n) is 5.41. The van der Waals surface area contributed by atoms with E-state index in [1.165, 1.54) is 0 Å². The van der Waals surface area contributed by atoms with Crippen molar-refractivity contribution in [1.82, 2.24) is 24.8 Å². The maximum atomic E-state index is 13.1. The number of hydrogen-bond donors (Lipinski definition) is 0. The third kappa shape index (κ3) is 2.84. The Morgan fingerprint density at radius 2 is 1.96 bits per heavy atom. The van der Waals surface area contributed by atoms with Crippen LogP contribution in [0.2, 0.25) is 0 Å². The molecule has 0 spiro atoms. The lowest BCUT2D eigenvalue weighted by molar-refractivity contribution is -0.153. The van der Waals surface area contributed by atoms with Gasteiger partial charge in [0.2, 0.25) is 11.8 Å². The van der Waals surface area contributed by atoms with Gasteiger partial charge < -0.3 is 14.5 Å². The molecule has 4 rings (SSSR count). The number of ether oxygens (including phenoxy) is 1. The van der Waals surface area contributed by atoms with Gasteiger partial charge in [-0.25, -0.2) is 4.68 Å². The van der Waals surface area contributed by atoms with Gasteiger partial charge in [0.1, 0.15) is 17.6 Å². The first-order valence-electron chi connectivity index (χ1n) is 9.05. The van der Waals surface area contributed by atoms with Crippen LogP contribution in [0.5, 0.6) is 0 Å². The molecule has 0 bridgehead atoms. The Hall–Kier alpha value is -2.48. The third-order valence-corrected chi connectivity index (χ3v) is 5.41. The minimum Gasteiger partial charge on any atom is -0.378 e. The molecule has 0 radical (unpaired) electrons. The van der Waals surface area contributed by atoms with E-state index in [-0.39, 0.29) is 18.4 Å². The molecule has 2 amide bonds. The van der Waals surface area contributed by atoms with E-state index in [0.29, 0.717) is 39.3 Å². The first-order valence-corrected chi connectivity index (χ1v) is 9.05. The molecule has 2 aliphatic heterocycles. The number of para-hydroxylation sites is 1. The van der Waals surface area contributed by atoms with Gasteiger partial charge in [-0.3, -0.25) is 9.59 Å². The van der Waals surface area contributed by atoms with Crippen molar-refractivity contribution in [1.29, 1.82) is 0 Å². The van der Waals surface area contributed by atoms with Crippen LogP contribution in [-0.4, -0.2) is 75.0 Å². The summed E-state index contributed by atoms with van der Waals surface area (Å²) < 4.78 is 6.94. The van der Waals surface area contributed by atoms with Crippen LogP contribution in [0.4, 0.5) is 0 Å². The fourth-order valence-electron chi connectivity index (χ4n) is 3.94. The van der Waals surface area contributed by atoms with Crippen LogP contribution in [0, 0.1) is 0 Å². The van der Waals surface area contributed by atoms with Crippen LogP contribution < -0.4 is 0 Å². The Balaban J connectivity index is 1.53. The number of carbonyl (C=O) groups excluding carboxylic acids is 2. The van der Waals surface area contributed by atoms with Crippen LogP contribution in [0.15, 0.2) is 24.3 Å². The van der Waals surface area contributed by atoms with E-state index in [2.05, 4.69) is 10.3 Å². The Morgan fingerprint density at radius 3 is 2.77 bits per heavy atom. The van der Waals surface area contributed by atoms with Crippen molar-refractivity contribution in [3.05, 3.63) is 24.3 Å². The summed E-state index contributed by atoms with van der Waals surface area (Å²) in [4.78, 5) is 29.6. The molecule has 0 N–H and O–H groups in total. The summed E-state index contributed by atoms with van der Waals surface area (Å²) in [7, 11) is 0. The smallest absolute Gasteiger partial charge is 0.248 e. The number of nitrogens with zero attached hydrogens (tertiary/aromatic N) is 5. The molecule has 8 nitrogen and oxygen atoms in total. The summed E-state index contributed by atoms with van der Waals surface area (Å²) >= 11 is 0. The first kappa shape index (κ1) is 17.0. The lowest BCUT2D eigenvalue weighted by atomic mass is 9.96. The van der Waals surface area contributed by atoms with E-state index >= 15 is 0 Å². The number of morpholine rings is 1. The van der Waals surface area contributed by atoms with Gasteiger partial charge in [0.05, 0.1) is 18.7 Å². The van der Waals surface area contributed by atoms with Crippen LogP contribution >= 0.6 is 0 Å². The number of fused-ring (bicyclic) bond motifs is 1. The molecular weight excluding hydrogens is 334 g/mol. The highest BCUT2D eigenvalue weighted by molar-refractivity contribution is 5.92. The number of carbonyl (C=O) groups is 2. The van der Waals surface area contributed by atoms with Gasteiger partial charge in [-0.15, -0.1) is 5.10 Å². The van der Waals surface area contributed by atoms with Crippen LogP contribution in [0.1, 0.15) is 19.8 Å². The largest absolute Gasteiger partial charge is 0.378 e. The van der Waals surface area contributed by atoms with E-state index in [1.54, 1.807) is 9.58 Å². The number of likely N-dealkylation sites (tertiary alicyclic amines) is 1. The Bertz CT molecular complexity index is 829. The summed E-state index contributed by atoms with van der Waals surface area (Å²) in [5, 5.41) is 8.19. The minimum atomic E-state index is -0.787. The minimum absolute atomic E-state index is 0.0232. The van der Waals surface area contributed by atoms with E-state index in [9.17, 15) is 9.59 Å². The number of rotatable bonds is 3. The molecule has 3 heterocycles. The lowest BCUT2D eigenvalue weighted by Gasteiger charge is -2.39. The van der Waals surface area contributed by atoms with E-state index in [4.69, 9.17) is 4.74 Å². The van der Waals surface area contributed by atoms with Gasteiger partial charge in [0, 0.05) is 19.6 Å². The van der Waals surface area contributed by atoms with Crippen molar-refractivity contribution in [3.63, 3.8) is 0 Å². The zero-order valence-corrected chi connectivity index (χ0v) is 14.9. The maximum absolute atomic E-state index is 13.1. The molecule has 2 saturated heterocycles. The van der Waals surface area contributed by atoms with Crippen molar-refractivity contribution in [3.8, 4) is 0 Å². The second kappa shape index (κ2) is 6.68. The molecule has 1 aromatic carbocycles. The fourth-order valence-corrected chi connectivity index (χ4v) is 3.94. The molecule has 0 saturated carbocycles. The first-order chi connectivity index (χ1) is 12.6. The second-order valence-corrected chi connectivity index (χ2v) is 7.06. The zero-order valence-electron chi connectivity index (χ0n) is 14.9. The maximum Gasteiger partial charge on any atom is 0.248 e. The molecule has 26 heavy (non-hydrogen) atoms. The van der Waals surface area contributed by atoms with E-state index in [1.807, 2.05) is 36.1 Å². The Labute approximate surface area is 151 Å². The monoisotopic (exact) mass is 357 g/mol. The van der Waals surface area contributed by atoms with Crippen LogP contribution in [0.25, 0.3) is 11.0 Å². The average Bonchev–Trinajstić information content (AvgIpc) is 3.26. The molecule has 138 valence electrons. The topological polar surface area (TPSA) is 80.6 Å². The molecule has 1 atom stereocenters. The fraction of sp³-hybridized carbons (Fsp3) is 0.556. The Morgan fingerprint density at radius 1 is 1.19 bits per heavy atom. The Kier molecular flexibility index (Phi) is 4.36. The van der Waals surface area contributed by atoms with Gasteiger partial charge in [-0.05, 0) is 31.9 Å². The highest BCUT2D eigenvalue weighted by Crippen LogP contribution is 2.31. The van der Waals surface area contributed by atoms with Crippen molar-refractivity contribution < 1.29 is 14.3 Å². The van der Waals surface area contributed by atoms with Gasteiger partial charge in [-0.2, -0.15) is 0 Å². The number of amides is 2. The number of benzene rings is 1. The quantitative estimate of drug-likeness (QED) is 0.807. The molecule has 0 unspecified atom stereocenters. The predicted octanol–water partition coefficient (Wildman–Crippen LogP) is 0.671. The second-order valence-electron chi connectivity index (χ2n) is 7.06. The highest BCUT2D eigenvalue weighted by Gasteiger charge is 2.47. The normalized spacial score (nSPS) is 23.6. The summed E-state index contributed by atoms with van der Waals surface area (Å²) in [6.45, 7) is 4.86. The van der Waals surface area contributed by atoms with Crippen LogP contribution in [0.3, 0.4) is 0 Å². The van der Waals surface area contributed by atoms with Crippen molar-refractivity contribution in [2.24, 2.45) is 0 Å². The molecule has 8 heteroatoms. The van der Waals surface area contributed by atoms with Crippen molar-refractivity contribution in [2.75, 3.05) is 32.8 Å². The molecule has 2 fully saturated rings. The molecule has 1 aromatic heterocycles. The molecule has 2 aromatic rings. The van der Waals surface area contributed by atoms with E-state index < -0.39 is 5.54 Å². The summed E-state index contributed by atoms with van der Waals surface area (Å²) in [6.07, 6.45) is 1.52. The van der Waals surface area contributed by atoms with Gasteiger partial charge in [0.25, 0.3) is 0 Å². The lowest BCUT2D eigenvalue weighted by Crippen LogP contribution is -2.58. The standard InChI is InChI=1S/C18H23N5O3/c1-18(17(25)21-9-11-26-12-10-21)7-4-8-22(18)16(24)13-23-15-6-3-2-5-14(15)19-20-23/h2-3,5-6H,4,7-13H2,1H3/t18-/m1/s1. The molecular formula is C18H23N5O3. The summed E-state index contributed by atoms with van der Waals surface area (Å²) in [5.74, 6) is -0.0719. The predicted molar refractivity (Wildman–Crippen MR) is 94.3 cm³/mol. The zero-order chi connectivity index (χ0) is 18.1. The van der Waals surface area contributed by atoms with E-state index in [0.717, 1.165) is 17.5 Å². The SMILES string of the molecule is C[C@]1(C(=O)N2CCOCC2)CCCN1C(=O)Cn1nnc2ccccc21. The van der Waals surface area contributed by atoms with Crippen molar-refractivity contribution in [2.45, 2.75) is 31.8 Å². The number of hydrogen-bond acceptors (Lipinski definition) is 5. The van der Waals surface area contributed by atoms with Crippen molar-refractivity contribution >= 4 is 22.8 Å². The van der Waals surface area contributed by atoms with Gasteiger partial charge in [-0.1, -0.05) is 17.3 Å². The molecule has 2 aliphatic rings. The summed E-state index contributed by atoms with van der Waals surface area (Å²) in [5.41, 5.74) is 0.792. The summed E-state index contributed by atoms with van der Waals surface area (Å²) in [6, 6.07) is 7.55. The number of aromatic nitrogens is 3. The van der Waals surface area contributed by atoms with Gasteiger partial charge in [0.15, 0.2) is 0 Å². The van der Waals surface area contributed by atoms with Crippen LogP contribution in [-0.2, 0) is 20.9 Å². The molecule has 0 aliphatic carbocycles. The highest BCUT2D eigenvalue weighted by atomic mass is 16.5.